The number of carboxylic acid groups (broad SMARTS) is 3. The molecular formula is C13H20N2O7. The second-order valence-electron chi connectivity index (χ2n) is 4.54. The second kappa shape index (κ2) is 10.3. The third-order valence-electron chi connectivity index (χ3n) is 2.79. The van der Waals surface area contributed by atoms with E-state index in [4.69, 9.17) is 15.3 Å². The van der Waals surface area contributed by atoms with Crippen LogP contribution in [0.1, 0.15) is 19.3 Å². The van der Waals surface area contributed by atoms with Gasteiger partial charge < -0.3 is 20.6 Å². The second-order valence-corrected chi connectivity index (χ2v) is 4.54. The number of unbranched alkanes of at least 4 members (excludes halogenated alkanes) is 1. The predicted molar refractivity (Wildman–Crippen MR) is 75.3 cm³/mol. The van der Waals surface area contributed by atoms with Gasteiger partial charge in [-0.15, -0.1) is 0 Å². The Morgan fingerprint density at radius 1 is 1.05 bits per heavy atom. The van der Waals surface area contributed by atoms with Crippen LogP contribution in [0, 0.1) is 0 Å². The van der Waals surface area contributed by atoms with E-state index in [1.807, 2.05) is 0 Å². The summed E-state index contributed by atoms with van der Waals surface area (Å²) in [5.74, 6) is -4.22. The fourth-order valence-electron chi connectivity index (χ4n) is 1.83. The average molecular weight is 316 g/mol. The van der Waals surface area contributed by atoms with Crippen LogP contribution in [0.3, 0.4) is 0 Å². The molecule has 0 heterocycles. The number of hydrogen-bond acceptors (Lipinski definition) is 5. The molecule has 1 unspecified atom stereocenters. The molecule has 0 saturated carbocycles. The van der Waals surface area contributed by atoms with E-state index in [-0.39, 0.29) is 12.3 Å². The summed E-state index contributed by atoms with van der Waals surface area (Å²) in [6.45, 7) is 2.27. The fraction of sp³-hybridized carbons (Fsp3) is 0.538. The molecule has 1 amide bonds. The van der Waals surface area contributed by atoms with E-state index < -0.39 is 37.0 Å². The maximum atomic E-state index is 11.2. The highest BCUT2D eigenvalue weighted by molar-refractivity contribution is 5.86. The summed E-state index contributed by atoms with van der Waals surface area (Å²) in [5.41, 5.74) is 0. The summed E-state index contributed by atoms with van der Waals surface area (Å²) >= 11 is 0. The number of carbonyl (C=O) groups excluding carboxylic acids is 1. The standard InChI is InChI=1S/C13H20N2O7/c1-2-10(16)14-6-4-3-5-9(13(21)22)15(7-11(17)18)8-12(19)20/h2,9H,1,3-8H2,(H,14,16)(H,17,18)(H,19,20)(H,21,22). The molecule has 0 aliphatic heterocycles. The van der Waals surface area contributed by atoms with E-state index in [1.165, 1.54) is 0 Å². The monoisotopic (exact) mass is 316 g/mol. The van der Waals surface area contributed by atoms with Gasteiger partial charge >= 0.3 is 17.9 Å². The highest BCUT2D eigenvalue weighted by Crippen LogP contribution is 2.09. The van der Waals surface area contributed by atoms with E-state index in [2.05, 4.69) is 11.9 Å². The molecule has 0 aliphatic rings. The molecule has 0 bridgehead atoms. The van der Waals surface area contributed by atoms with Crippen molar-refractivity contribution >= 4 is 23.8 Å². The number of nitrogens with one attached hydrogen (secondary N) is 1. The van der Waals surface area contributed by atoms with Crippen LogP contribution in [-0.2, 0) is 19.2 Å². The van der Waals surface area contributed by atoms with Crippen molar-refractivity contribution in [3.8, 4) is 0 Å². The average Bonchev–Trinajstić information content (AvgIpc) is 2.40. The predicted octanol–water partition coefficient (Wildman–Crippen LogP) is -0.617. The van der Waals surface area contributed by atoms with E-state index in [9.17, 15) is 19.2 Å². The fourth-order valence-corrected chi connectivity index (χ4v) is 1.83. The molecule has 124 valence electrons. The van der Waals surface area contributed by atoms with Crippen molar-refractivity contribution in [3.63, 3.8) is 0 Å². The van der Waals surface area contributed by atoms with Gasteiger partial charge in [-0.2, -0.15) is 0 Å². The van der Waals surface area contributed by atoms with Crippen molar-refractivity contribution in [1.82, 2.24) is 10.2 Å². The summed E-state index contributed by atoms with van der Waals surface area (Å²) < 4.78 is 0. The summed E-state index contributed by atoms with van der Waals surface area (Å²) in [6, 6.07) is -1.21. The van der Waals surface area contributed by atoms with Gasteiger partial charge in [-0.05, 0) is 25.3 Å². The molecule has 1 atom stereocenters. The van der Waals surface area contributed by atoms with Crippen molar-refractivity contribution in [2.45, 2.75) is 25.3 Å². The summed E-state index contributed by atoms with van der Waals surface area (Å²) in [7, 11) is 0. The van der Waals surface area contributed by atoms with Crippen molar-refractivity contribution in [1.29, 1.82) is 0 Å². The number of carboxylic acids is 3. The highest BCUT2D eigenvalue weighted by Gasteiger charge is 2.28. The van der Waals surface area contributed by atoms with Gasteiger partial charge in [0.25, 0.3) is 0 Å². The molecule has 0 aliphatic carbocycles. The zero-order valence-corrected chi connectivity index (χ0v) is 12.0. The van der Waals surface area contributed by atoms with Gasteiger partial charge in [0.2, 0.25) is 5.91 Å². The number of aliphatic carboxylic acids is 3. The third kappa shape index (κ3) is 8.69. The van der Waals surface area contributed by atoms with Crippen LogP contribution in [-0.4, -0.2) is 69.7 Å². The zero-order chi connectivity index (χ0) is 17.1. The van der Waals surface area contributed by atoms with Crippen LogP contribution in [0.4, 0.5) is 0 Å². The van der Waals surface area contributed by atoms with Crippen LogP contribution in [0.2, 0.25) is 0 Å². The van der Waals surface area contributed by atoms with Gasteiger partial charge in [0.15, 0.2) is 0 Å². The summed E-state index contributed by atoms with van der Waals surface area (Å²) in [6.07, 6.45) is 2.07. The number of nitrogens with zero attached hydrogens (tertiary/aromatic N) is 1. The Balaban J connectivity index is 4.49. The van der Waals surface area contributed by atoms with Crippen LogP contribution in [0.15, 0.2) is 12.7 Å². The van der Waals surface area contributed by atoms with Gasteiger partial charge in [-0.1, -0.05) is 6.58 Å². The smallest absolute Gasteiger partial charge is 0.320 e. The molecule has 0 saturated heterocycles. The first-order valence-corrected chi connectivity index (χ1v) is 6.58. The molecule has 9 nitrogen and oxygen atoms in total. The van der Waals surface area contributed by atoms with E-state index >= 15 is 0 Å². The largest absolute Gasteiger partial charge is 0.480 e. The van der Waals surface area contributed by atoms with E-state index in [1.54, 1.807) is 0 Å². The molecule has 0 fully saturated rings. The lowest BCUT2D eigenvalue weighted by molar-refractivity contribution is -0.149. The first-order valence-electron chi connectivity index (χ1n) is 6.58. The number of hydrogen-bond donors (Lipinski definition) is 4. The molecular weight excluding hydrogens is 296 g/mol. The Morgan fingerprint density at radius 2 is 1.59 bits per heavy atom. The number of amides is 1. The van der Waals surface area contributed by atoms with Crippen LogP contribution in [0.5, 0.6) is 0 Å². The quantitative estimate of drug-likeness (QED) is 0.275. The number of carbonyl (C=O) groups is 4. The Bertz CT molecular complexity index is 420. The Morgan fingerprint density at radius 3 is 2.00 bits per heavy atom. The zero-order valence-electron chi connectivity index (χ0n) is 12.0. The Kier molecular flexibility index (Phi) is 9.19. The van der Waals surface area contributed by atoms with Gasteiger partial charge in [0.1, 0.15) is 6.04 Å². The third-order valence-corrected chi connectivity index (χ3v) is 2.79. The SMILES string of the molecule is C=CC(=O)NCCCCC(C(=O)O)N(CC(=O)O)CC(=O)O. The molecule has 9 heteroatoms. The van der Waals surface area contributed by atoms with Crippen molar-refractivity contribution in [2.75, 3.05) is 19.6 Å². The van der Waals surface area contributed by atoms with Crippen molar-refractivity contribution in [3.05, 3.63) is 12.7 Å². The lowest BCUT2D eigenvalue weighted by Crippen LogP contribution is -2.46. The first-order chi connectivity index (χ1) is 10.3. The molecule has 0 aromatic carbocycles. The molecule has 22 heavy (non-hydrogen) atoms. The molecule has 0 aromatic rings. The maximum absolute atomic E-state index is 11.2. The topological polar surface area (TPSA) is 144 Å². The lowest BCUT2D eigenvalue weighted by Gasteiger charge is -2.25. The summed E-state index contributed by atoms with van der Waals surface area (Å²) in [4.78, 5) is 44.4. The Hall–Kier alpha value is -2.42. The van der Waals surface area contributed by atoms with Gasteiger partial charge in [-0.3, -0.25) is 24.1 Å². The van der Waals surface area contributed by atoms with Crippen molar-refractivity contribution < 1.29 is 34.5 Å². The molecule has 0 rings (SSSR count). The minimum atomic E-state index is -1.30. The maximum Gasteiger partial charge on any atom is 0.320 e. The molecule has 4 N–H and O–H groups in total. The number of rotatable bonds is 12. The van der Waals surface area contributed by atoms with Crippen LogP contribution in [0.25, 0.3) is 0 Å². The highest BCUT2D eigenvalue weighted by atomic mass is 16.4. The molecule has 0 spiro atoms. The van der Waals surface area contributed by atoms with Gasteiger partial charge in [0.05, 0.1) is 13.1 Å². The lowest BCUT2D eigenvalue weighted by atomic mass is 10.1. The summed E-state index contributed by atoms with van der Waals surface area (Å²) in [5, 5.41) is 29.1. The van der Waals surface area contributed by atoms with Crippen LogP contribution < -0.4 is 5.32 Å². The minimum Gasteiger partial charge on any atom is -0.480 e. The Labute approximate surface area is 127 Å². The minimum absolute atomic E-state index is 0.0832. The van der Waals surface area contributed by atoms with E-state index in [0.29, 0.717) is 19.4 Å². The van der Waals surface area contributed by atoms with Gasteiger partial charge in [0, 0.05) is 6.54 Å². The van der Waals surface area contributed by atoms with Crippen LogP contribution >= 0.6 is 0 Å². The van der Waals surface area contributed by atoms with Gasteiger partial charge in [-0.25, -0.2) is 0 Å². The molecule has 0 aromatic heterocycles. The molecule has 0 radical (unpaired) electrons. The first kappa shape index (κ1) is 19.6. The van der Waals surface area contributed by atoms with E-state index in [0.717, 1.165) is 11.0 Å². The normalized spacial score (nSPS) is 11.7. The van der Waals surface area contributed by atoms with Crippen molar-refractivity contribution in [2.24, 2.45) is 0 Å².